The normalized spacial score (nSPS) is 17.1. The van der Waals surface area contributed by atoms with Crippen LogP contribution in [0.25, 0.3) is 0 Å². The molecule has 1 aliphatic heterocycles. The lowest BCUT2D eigenvalue weighted by Gasteiger charge is -2.15. The second kappa shape index (κ2) is 6.16. The van der Waals surface area contributed by atoms with E-state index in [1.807, 2.05) is 31.2 Å². The van der Waals surface area contributed by atoms with Gasteiger partial charge in [0.1, 0.15) is 12.4 Å². The summed E-state index contributed by atoms with van der Waals surface area (Å²) >= 11 is 1.59. The van der Waals surface area contributed by atoms with Crippen molar-refractivity contribution in [2.45, 2.75) is 12.2 Å². The molecule has 1 aromatic heterocycles. The Morgan fingerprint density at radius 3 is 2.95 bits per heavy atom. The van der Waals surface area contributed by atoms with E-state index in [2.05, 4.69) is 21.4 Å². The molecule has 112 valence electrons. The minimum atomic E-state index is -0.0331. The van der Waals surface area contributed by atoms with Gasteiger partial charge in [0.15, 0.2) is 5.82 Å². The number of hydrogen-bond acceptors (Lipinski definition) is 4. The number of rotatable bonds is 3. The van der Waals surface area contributed by atoms with Crippen LogP contribution in [0.2, 0.25) is 0 Å². The largest absolute Gasteiger partial charge is 0.481 e. The molecule has 0 spiro atoms. The van der Waals surface area contributed by atoms with Gasteiger partial charge in [-0.25, -0.2) is 0 Å². The molecule has 1 atom stereocenters. The van der Waals surface area contributed by atoms with Gasteiger partial charge < -0.3 is 10.1 Å². The fourth-order valence-electron chi connectivity index (χ4n) is 2.39. The summed E-state index contributed by atoms with van der Waals surface area (Å²) in [4.78, 5) is 11.8. The molecular formula is C16H15N3O2S. The van der Waals surface area contributed by atoms with E-state index in [9.17, 15) is 4.79 Å². The summed E-state index contributed by atoms with van der Waals surface area (Å²) < 4.78 is 5.39. The Morgan fingerprint density at radius 1 is 1.45 bits per heavy atom. The fraction of sp³-hybridized carbons (Fsp3) is 0.250. The number of amides is 1. The molecule has 3 rings (SSSR count). The van der Waals surface area contributed by atoms with Crippen molar-refractivity contribution in [3.63, 3.8) is 0 Å². The number of H-pyrrole nitrogens is 1. The van der Waals surface area contributed by atoms with Gasteiger partial charge in [-0.2, -0.15) is 5.10 Å². The van der Waals surface area contributed by atoms with Crippen LogP contribution >= 0.6 is 11.8 Å². The number of fused-ring (bicyclic) bond motifs is 1. The number of carbonyl (C=O) groups is 1. The van der Waals surface area contributed by atoms with Crippen molar-refractivity contribution in [1.82, 2.24) is 10.2 Å². The molecule has 22 heavy (non-hydrogen) atoms. The van der Waals surface area contributed by atoms with Crippen molar-refractivity contribution in [3.05, 3.63) is 41.1 Å². The molecule has 1 amide bonds. The van der Waals surface area contributed by atoms with Crippen LogP contribution in [-0.2, 0) is 4.79 Å². The second-order valence-electron chi connectivity index (χ2n) is 4.91. The third-order valence-corrected chi connectivity index (χ3v) is 4.67. The summed E-state index contributed by atoms with van der Waals surface area (Å²) in [5.74, 6) is 4.16. The van der Waals surface area contributed by atoms with E-state index >= 15 is 0 Å². The Kier molecular flexibility index (Phi) is 4.07. The van der Waals surface area contributed by atoms with Gasteiger partial charge >= 0.3 is 0 Å². The standard InChI is InChI=1S/C16H15N3O2S/c1-3-8-21-12-6-4-11(5-7-12)15-14-10(2)18-19-16(14)17-13(20)9-22-15/h1,4-7,15H,8-9H2,2H3,(H2,17,18,19,20)/t15-/m0/s1. The van der Waals surface area contributed by atoms with Gasteiger partial charge in [0.05, 0.1) is 11.0 Å². The summed E-state index contributed by atoms with van der Waals surface area (Å²) in [5.41, 5.74) is 3.08. The van der Waals surface area contributed by atoms with Crippen molar-refractivity contribution in [2.24, 2.45) is 0 Å². The number of anilines is 1. The van der Waals surface area contributed by atoms with E-state index in [1.165, 1.54) is 0 Å². The number of benzene rings is 1. The van der Waals surface area contributed by atoms with Crippen LogP contribution in [0.3, 0.4) is 0 Å². The number of ether oxygens (including phenoxy) is 1. The number of carbonyl (C=O) groups excluding carboxylic acids is 1. The van der Waals surface area contributed by atoms with Crippen LogP contribution in [0.5, 0.6) is 5.75 Å². The topological polar surface area (TPSA) is 67.0 Å². The Balaban J connectivity index is 1.92. The zero-order valence-corrected chi connectivity index (χ0v) is 12.9. The quantitative estimate of drug-likeness (QED) is 0.855. The lowest BCUT2D eigenvalue weighted by atomic mass is 10.0. The van der Waals surface area contributed by atoms with Crippen LogP contribution in [0.1, 0.15) is 22.1 Å². The monoisotopic (exact) mass is 313 g/mol. The first-order valence-electron chi connectivity index (χ1n) is 6.81. The fourth-order valence-corrected chi connectivity index (χ4v) is 3.59. The Morgan fingerprint density at radius 2 is 2.23 bits per heavy atom. The summed E-state index contributed by atoms with van der Waals surface area (Å²) in [5, 5.41) is 10.0. The highest BCUT2D eigenvalue weighted by Crippen LogP contribution is 2.42. The number of terminal acetylenes is 1. The lowest BCUT2D eigenvalue weighted by molar-refractivity contribution is -0.113. The molecule has 6 heteroatoms. The molecule has 0 fully saturated rings. The van der Waals surface area contributed by atoms with E-state index in [1.54, 1.807) is 11.8 Å². The van der Waals surface area contributed by atoms with Gasteiger partial charge in [0, 0.05) is 11.3 Å². The maximum absolute atomic E-state index is 11.8. The molecule has 2 N–H and O–H groups in total. The average molecular weight is 313 g/mol. The van der Waals surface area contributed by atoms with Crippen LogP contribution in [0, 0.1) is 19.3 Å². The molecule has 2 aromatic rings. The molecule has 0 radical (unpaired) electrons. The average Bonchev–Trinajstić information content (AvgIpc) is 2.78. The van der Waals surface area contributed by atoms with Gasteiger partial charge in [-0.1, -0.05) is 18.1 Å². The van der Waals surface area contributed by atoms with Crippen LogP contribution in [-0.4, -0.2) is 28.5 Å². The van der Waals surface area contributed by atoms with Crippen molar-refractivity contribution in [2.75, 3.05) is 17.7 Å². The summed E-state index contributed by atoms with van der Waals surface area (Å²) in [7, 11) is 0. The minimum Gasteiger partial charge on any atom is -0.481 e. The third-order valence-electron chi connectivity index (χ3n) is 3.40. The molecule has 1 aromatic carbocycles. The van der Waals surface area contributed by atoms with Crippen molar-refractivity contribution in [3.8, 4) is 18.1 Å². The van der Waals surface area contributed by atoms with Gasteiger partial charge in [-0.05, 0) is 24.6 Å². The molecular weight excluding hydrogens is 298 g/mol. The van der Waals surface area contributed by atoms with E-state index in [4.69, 9.17) is 11.2 Å². The molecule has 0 unspecified atom stereocenters. The lowest BCUT2D eigenvalue weighted by Crippen LogP contribution is -2.12. The maximum Gasteiger partial charge on any atom is 0.235 e. The van der Waals surface area contributed by atoms with Crippen LogP contribution in [0.15, 0.2) is 24.3 Å². The maximum atomic E-state index is 11.8. The van der Waals surface area contributed by atoms with E-state index in [0.29, 0.717) is 11.6 Å². The van der Waals surface area contributed by atoms with E-state index in [0.717, 1.165) is 22.6 Å². The number of aromatic nitrogens is 2. The molecule has 0 saturated carbocycles. The molecule has 5 nitrogen and oxygen atoms in total. The van der Waals surface area contributed by atoms with E-state index < -0.39 is 0 Å². The predicted molar refractivity (Wildman–Crippen MR) is 87.0 cm³/mol. The number of aromatic amines is 1. The van der Waals surface area contributed by atoms with Crippen LogP contribution in [0.4, 0.5) is 5.82 Å². The summed E-state index contributed by atoms with van der Waals surface area (Å²) in [6, 6.07) is 7.77. The highest BCUT2D eigenvalue weighted by atomic mass is 32.2. The Labute approximate surface area is 132 Å². The molecule has 1 aliphatic rings. The molecule has 0 aliphatic carbocycles. The van der Waals surface area contributed by atoms with Gasteiger partial charge in [0.25, 0.3) is 0 Å². The second-order valence-corrected chi connectivity index (χ2v) is 6.01. The number of thioether (sulfide) groups is 1. The van der Waals surface area contributed by atoms with Gasteiger partial charge in [0.2, 0.25) is 5.91 Å². The smallest absolute Gasteiger partial charge is 0.235 e. The first-order chi connectivity index (χ1) is 10.7. The molecule has 2 heterocycles. The Bertz CT molecular complexity index is 731. The van der Waals surface area contributed by atoms with Crippen LogP contribution < -0.4 is 10.1 Å². The highest BCUT2D eigenvalue weighted by molar-refractivity contribution is 8.00. The number of hydrogen-bond donors (Lipinski definition) is 2. The Hall–Kier alpha value is -2.39. The summed E-state index contributed by atoms with van der Waals surface area (Å²) in [6.45, 7) is 2.21. The predicted octanol–water partition coefficient (Wildman–Crippen LogP) is 2.50. The van der Waals surface area contributed by atoms with E-state index in [-0.39, 0.29) is 17.8 Å². The molecule has 0 saturated heterocycles. The third kappa shape index (κ3) is 2.81. The first kappa shape index (κ1) is 14.5. The SMILES string of the molecule is C#CCOc1ccc([C@@H]2SCC(=O)Nc3n[nH]c(C)c32)cc1. The van der Waals surface area contributed by atoms with Crippen molar-refractivity contribution >= 4 is 23.5 Å². The highest BCUT2D eigenvalue weighted by Gasteiger charge is 2.28. The summed E-state index contributed by atoms with van der Waals surface area (Å²) in [6.07, 6.45) is 5.18. The molecule has 0 bridgehead atoms. The minimum absolute atomic E-state index is 0.0331. The first-order valence-corrected chi connectivity index (χ1v) is 7.86. The van der Waals surface area contributed by atoms with Gasteiger partial charge in [-0.3, -0.25) is 9.89 Å². The van der Waals surface area contributed by atoms with Crippen molar-refractivity contribution < 1.29 is 9.53 Å². The van der Waals surface area contributed by atoms with Gasteiger partial charge in [-0.15, -0.1) is 18.2 Å². The van der Waals surface area contributed by atoms with Crippen molar-refractivity contribution in [1.29, 1.82) is 0 Å². The number of aryl methyl sites for hydroxylation is 1. The zero-order chi connectivity index (χ0) is 15.5. The number of nitrogens with zero attached hydrogens (tertiary/aromatic N) is 1. The number of nitrogens with one attached hydrogen (secondary N) is 2. The zero-order valence-electron chi connectivity index (χ0n) is 12.1.